The van der Waals surface area contributed by atoms with Gasteiger partial charge in [-0.2, -0.15) is 0 Å². The van der Waals surface area contributed by atoms with Gasteiger partial charge in [-0.15, -0.1) is 0 Å². The Balaban J connectivity index is 1.94. The standard InChI is InChI=1S/C7H9INO2/c10-6-2-1-5(9-6)7(11)4-3-8-4/h4-5H,1-3H2,(H,9,10)/q-1. The van der Waals surface area contributed by atoms with Gasteiger partial charge in [-0.1, -0.05) is 0 Å². The summed E-state index contributed by atoms with van der Waals surface area (Å²) in [5.74, 6) is 0.353. The van der Waals surface area contributed by atoms with Gasteiger partial charge >= 0.3 is 75.0 Å². The van der Waals surface area contributed by atoms with Gasteiger partial charge in [0.15, 0.2) is 0 Å². The van der Waals surface area contributed by atoms with Gasteiger partial charge in [-0.25, -0.2) is 0 Å². The number of carbonyl (C=O) groups is 2. The van der Waals surface area contributed by atoms with E-state index in [1.54, 1.807) is 0 Å². The number of carbonyl (C=O) groups excluding carboxylic acids is 2. The molecular formula is C7H9INO2-. The van der Waals surface area contributed by atoms with E-state index in [0.29, 0.717) is 16.1 Å². The van der Waals surface area contributed by atoms with Crippen LogP contribution in [0.15, 0.2) is 0 Å². The second-order valence-electron chi connectivity index (χ2n) is 2.84. The summed E-state index contributed by atoms with van der Waals surface area (Å²) in [4.78, 5) is 22.1. The summed E-state index contributed by atoms with van der Waals surface area (Å²) in [5, 5.41) is 2.70. The molecule has 2 fully saturated rings. The third kappa shape index (κ3) is 1.55. The van der Waals surface area contributed by atoms with E-state index in [-0.39, 0.29) is 33.2 Å². The van der Waals surface area contributed by atoms with Gasteiger partial charge in [0.1, 0.15) is 0 Å². The van der Waals surface area contributed by atoms with Crippen LogP contribution in [0.1, 0.15) is 12.8 Å². The molecule has 0 aliphatic carbocycles. The fourth-order valence-electron chi connectivity index (χ4n) is 1.24. The van der Waals surface area contributed by atoms with E-state index in [9.17, 15) is 9.59 Å². The second-order valence-corrected chi connectivity index (χ2v) is 6.10. The van der Waals surface area contributed by atoms with Gasteiger partial charge in [0, 0.05) is 0 Å². The van der Waals surface area contributed by atoms with Gasteiger partial charge < -0.3 is 0 Å². The van der Waals surface area contributed by atoms with E-state index in [4.69, 9.17) is 0 Å². The second kappa shape index (κ2) is 2.73. The van der Waals surface area contributed by atoms with Crippen molar-refractivity contribution >= 4 is 11.7 Å². The predicted molar refractivity (Wildman–Crippen MR) is 34.8 cm³/mol. The van der Waals surface area contributed by atoms with E-state index in [2.05, 4.69) is 5.32 Å². The van der Waals surface area contributed by atoms with Crippen molar-refractivity contribution in [2.24, 2.45) is 0 Å². The molecular weight excluding hydrogens is 257 g/mol. The first kappa shape index (κ1) is 7.52. The van der Waals surface area contributed by atoms with E-state index in [1.807, 2.05) is 0 Å². The molecule has 0 radical (unpaired) electrons. The Bertz CT molecular complexity index is 212. The number of ketones is 1. The molecule has 2 heterocycles. The normalized spacial score (nSPS) is 35.8. The zero-order chi connectivity index (χ0) is 7.84. The van der Waals surface area contributed by atoms with Crippen LogP contribution in [0.5, 0.6) is 0 Å². The van der Waals surface area contributed by atoms with Gasteiger partial charge in [-0.05, 0) is 0 Å². The molecule has 62 valence electrons. The first-order valence-electron chi connectivity index (χ1n) is 3.68. The minimum atomic E-state index is -0.116. The van der Waals surface area contributed by atoms with Crippen LogP contribution >= 0.6 is 0 Å². The van der Waals surface area contributed by atoms with Crippen LogP contribution in [0, 0.1) is 0 Å². The average molecular weight is 266 g/mol. The number of Topliss-reactive ketones (excluding diaryl/α,β-unsaturated/α-hetero) is 1. The number of alkyl halides is 2. The summed E-state index contributed by atoms with van der Waals surface area (Å²) in [6, 6.07) is -0.116. The summed E-state index contributed by atoms with van der Waals surface area (Å²) in [7, 11) is 0. The van der Waals surface area contributed by atoms with Crippen LogP contribution in [-0.2, 0) is 9.59 Å². The third-order valence-corrected chi connectivity index (χ3v) is 4.33. The van der Waals surface area contributed by atoms with Gasteiger partial charge in [0.25, 0.3) is 0 Å². The topological polar surface area (TPSA) is 46.2 Å². The Morgan fingerprint density at radius 2 is 2.36 bits per heavy atom. The molecule has 4 heteroatoms. The van der Waals surface area contributed by atoms with Crippen LogP contribution in [0.2, 0.25) is 0 Å². The van der Waals surface area contributed by atoms with E-state index in [0.717, 1.165) is 10.8 Å². The molecule has 0 aromatic carbocycles. The van der Waals surface area contributed by atoms with Crippen molar-refractivity contribution in [1.29, 1.82) is 0 Å². The van der Waals surface area contributed by atoms with Crippen molar-refractivity contribution in [2.45, 2.75) is 22.8 Å². The van der Waals surface area contributed by atoms with Crippen LogP contribution in [0.4, 0.5) is 0 Å². The number of halogens is 1. The van der Waals surface area contributed by atoms with E-state index < -0.39 is 0 Å². The number of rotatable bonds is 2. The minimum absolute atomic E-state index is 0.0437. The molecule has 2 aliphatic rings. The molecule has 1 amide bonds. The number of hydrogen-bond acceptors (Lipinski definition) is 2. The van der Waals surface area contributed by atoms with Crippen molar-refractivity contribution in [3.8, 4) is 0 Å². The van der Waals surface area contributed by atoms with Crippen molar-refractivity contribution in [2.75, 3.05) is 4.43 Å². The third-order valence-electron chi connectivity index (χ3n) is 1.96. The van der Waals surface area contributed by atoms with Gasteiger partial charge in [-0.3, -0.25) is 0 Å². The van der Waals surface area contributed by atoms with Crippen molar-refractivity contribution in [1.82, 2.24) is 5.32 Å². The molecule has 2 aliphatic heterocycles. The van der Waals surface area contributed by atoms with Crippen LogP contribution in [-0.4, -0.2) is 26.1 Å². The van der Waals surface area contributed by atoms with Crippen molar-refractivity contribution in [3.63, 3.8) is 0 Å². The summed E-state index contributed by atoms with van der Waals surface area (Å²) in [6.45, 7) is 0. The average Bonchev–Trinajstić information content (AvgIpc) is 2.74. The Labute approximate surface area is 75.2 Å². The van der Waals surface area contributed by atoms with Crippen molar-refractivity contribution in [3.05, 3.63) is 0 Å². The molecule has 0 aromatic rings. The first-order valence-corrected chi connectivity index (χ1v) is 6.45. The number of nitrogens with one attached hydrogen (secondary N) is 1. The summed E-state index contributed by atoms with van der Waals surface area (Å²) in [6.07, 6.45) is 1.28. The van der Waals surface area contributed by atoms with Crippen LogP contribution < -0.4 is 26.5 Å². The maximum atomic E-state index is 11.4. The SMILES string of the molecule is O=C1CCC(C(=O)C2C[I-]2)N1. The van der Waals surface area contributed by atoms with Gasteiger partial charge in [0.05, 0.1) is 0 Å². The number of hydrogen-bond donors (Lipinski definition) is 1. The summed E-state index contributed by atoms with van der Waals surface area (Å²) >= 11 is 0.200. The number of amides is 1. The molecule has 0 saturated carbocycles. The molecule has 11 heavy (non-hydrogen) atoms. The quantitative estimate of drug-likeness (QED) is 0.413. The monoisotopic (exact) mass is 266 g/mol. The fraction of sp³-hybridized carbons (Fsp3) is 0.714. The zero-order valence-corrected chi connectivity index (χ0v) is 8.13. The Morgan fingerprint density at radius 3 is 2.82 bits per heavy atom. The van der Waals surface area contributed by atoms with E-state index in [1.165, 1.54) is 0 Å². The maximum absolute atomic E-state index is 11.4. The molecule has 3 nitrogen and oxygen atoms in total. The van der Waals surface area contributed by atoms with Gasteiger partial charge in [0.2, 0.25) is 0 Å². The Morgan fingerprint density at radius 1 is 1.64 bits per heavy atom. The Kier molecular flexibility index (Phi) is 1.86. The Hall–Kier alpha value is -0.130. The predicted octanol–water partition coefficient (Wildman–Crippen LogP) is -3.69. The molecule has 0 bridgehead atoms. The van der Waals surface area contributed by atoms with Crippen LogP contribution in [0.3, 0.4) is 0 Å². The summed E-state index contributed by atoms with van der Waals surface area (Å²) < 4.78 is 1.53. The molecule has 2 atom stereocenters. The first-order chi connectivity index (χ1) is 5.27. The summed E-state index contributed by atoms with van der Waals surface area (Å²) in [5.41, 5.74) is 0. The molecule has 1 N–H and O–H groups in total. The fourth-order valence-corrected chi connectivity index (χ4v) is 2.80. The molecule has 2 saturated heterocycles. The molecule has 0 aromatic heterocycles. The van der Waals surface area contributed by atoms with Crippen molar-refractivity contribution < 1.29 is 30.8 Å². The molecule has 2 rings (SSSR count). The zero-order valence-electron chi connectivity index (χ0n) is 5.97. The molecule has 0 spiro atoms. The molecule has 2 unspecified atom stereocenters. The van der Waals surface area contributed by atoms with E-state index >= 15 is 0 Å². The van der Waals surface area contributed by atoms with Crippen LogP contribution in [0.25, 0.3) is 0 Å².